The van der Waals surface area contributed by atoms with Crippen LogP contribution in [0.5, 0.6) is 0 Å². The van der Waals surface area contributed by atoms with Gasteiger partial charge in [-0.1, -0.05) is 6.07 Å². The Balaban J connectivity index is 2.28. The maximum Gasteiger partial charge on any atom is 0.250 e. The van der Waals surface area contributed by atoms with E-state index in [9.17, 15) is 9.59 Å². The van der Waals surface area contributed by atoms with Crippen LogP contribution in [0.25, 0.3) is 0 Å². The van der Waals surface area contributed by atoms with Gasteiger partial charge in [-0.05, 0) is 12.5 Å². The number of nitrogens with zero attached hydrogens (tertiary/aromatic N) is 1. The van der Waals surface area contributed by atoms with Gasteiger partial charge < -0.3 is 15.6 Å². The summed E-state index contributed by atoms with van der Waals surface area (Å²) in [6.07, 6.45) is 2.79. The summed E-state index contributed by atoms with van der Waals surface area (Å²) in [5.74, 6) is -0.0190. The van der Waals surface area contributed by atoms with Crippen LogP contribution in [0.1, 0.15) is 12.8 Å². The van der Waals surface area contributed by atoms with Gasteiger partial charge in [0.05, 0.1) is 0 Å². The number of hydrogen-bond acceptors (Lipinski definition) is 3. The number of rotatable bonds is 6. The molecular formula is C11H17N3O2. The van der Waals surface area contributed by atoms with E-state index in [0.29, 0.717) is 32.5 Å². The Morgan fingerprint density at radius 1 is 1.44 bits per heavy atom. The molecular weight excluding hydrogens is 206 g/mol. The molecule has 0 atom stereocenters. The molecule has 0 aliphatic carbocycles. The zero-order valence-corrected chi connectivity index (χ0v) is 9.19. The highest BCUT2D eigenvalue weighted by molar-refractivity contribution is 5.75. The molecule has 5 nitrogen and oxygen atoms in total. The van der Waals surface area contributed by atoms with Crippen LogP contribution >= 0.6 is 0 Å². The van der Waals surface area contributed by atoms with Gasteiger partial charge in [-0.3, -0.25) is 9.59 Å². The van der Waals surface area contributed by atoms with Crippen molar-refractivity contribution in [2.75, 3.05) is 13.1 Å². The molecule has 88 valence electrons. The van der Waals surface area contributed by atoms with Crippen LogP contribution in [-0.4, -0.2) is 23.6 Å². The summed E-state index contributed by atoms with van der Waals surface area (Å²) in [5, 5.41) is 2.68. The van der Waals surface area contributed by atoms with Crippen LogP contribution in [0.3, 0.4) is 0 Å². The number of amides is 1. The molecule has 0 bridgehead atoms. The number of nitrogens with two attached hydrogens (primary N) is 1. The maximum atomic E-state index is 11.3. The Bertz CT molecular complexity index is 387. The quantitative estimate of drug-likeness (QED) is 0.695. The van der Waals surface area contributed by atoms with Gasteiger partial charge in [0.25, 0.3) is 0 Å². The van der Waals surface area contributed by atoms with Gasteiger partial charge in [0.15, 0.2) is 0 Å². The molecule has 0 fully saturated rings. The van der Waals surface area contributed by atoms with E-state index in [1.165, 1.54) is 6.07 Å². The predicted octanol–water partition coefficient (Wildman–Crippen LogP) is -0.297. The summed E-state index contributed by atoms with van der Waals surface area (Å²) < 4.78 is 1.59. The third-order valence-electron chi connectivity index (χ3n) is 2.17. The second kappa shape index (κ2) is 6.79. The fraction of sp³-hybridized carbons (Fsp3) is 0.455. The minimum atomic E-state index is -0.0372. The minimum absolute atomic E-state index is 0.0190. The van der Waals surface area contributed by atoms with Crippen LogP contribution in [0.4, 0.5) is 0 Å². The van der Waals surface area contributed by atoms with Gasteiger partial charge in [0.1, 0.15) is 0 Å². The number of aryl methyl sites for hydroxylation is 1. The number of hydrogen-bond donors (Lipinski definition) is 2. The van der Waals surface area contributed by atoms with Crippen LogP contribution in [-0.2, 0) is 11.3 Å². The predicted molar refractivity (Wildman–Crippen MR) is 62.0 cm³/mol. The van der Waals surface area contributed by atoms with Gasteiger partial charge in [-0.15, -0.1) is 0 Å². The van der Waals surface area contributed by atoms with E-state index in [2.05, 4.69) is 5.32 Å². The fourth-order valence-electron chi connectivity index (χ4n) is 1.36. The Labute approximate surface area is 94.3 Å². The van der Waals surface area contributed by atoms with Gasteiger partial charge in [0.2, 0.25) is 11.5 Å². The highest BCUT2D eigenvalue weighted by Gasteiger charge is 2.00. The van der Waals surface area contributed by atoms with E-state index in [-0.39, 0.29) is 11.5 Å². The molecule has 3 N–H and O–H groups in total. The van der Waals surface area contributed by atoms with Crippen LogP contribution in [0.2, 0.25) is 0 Å². The summed E-state index contributed by atoms with van der Waals surface area (Å²) in [6.45, 7) is 1.52. The number of carbonyl (C=O) groups excluding carboxylic acids is 1. The van der Waals surface area contributed by atoms with Crippen molar-refractivity contribution in [1.82, 2.24) is 9.88 Å². The standard InChI is InChI=1S/C11H17N3O2/c12-6-7-13-10(15)4-3-9-14-8-2-1-5-11(14)16/h1-2,5,8H,3-4,6-7,9,12H2,(H,13,15). The third-order valence-corrected chi connectivity index (χ3v) is 2.17. The number of nitrogens with one attached hydrogen (secondary N) is 1. The third kappa shape index (κ3) is 4.27. The summed E-state index contributed by atoms with van der Waals surface area (Å²) >= 11 is 0. The lowest BCUT2D eigenvalue weighted by Gasteiger charge is -2.05. The summed E-state index contributed by atoms with van der Waals surface area (Å²) in [5.41, 5.74) is 5.22. The average molecular weight is 223 g/mol. The first-order valence-corrected chi connectivity index (χ1v) is 5.36. The van der Waals surface area contributed by atoms with Gasteiger partial charge in [-0.25, -0.2) is 0 Å². The van der Waals surface area contributed by atoms with Crippen molar-refractivity contribution in [3.05, 3.63) is 34.7 Å². The Morgan fingerprint density at radius 2 is 2.25 bits per heavy atom. The lowest BCUT2D eigenvalue weighted by Crippen LogP contribution is -2.29. The topological polar surface area (TPSA) is 77.1 Å². The SMILES string of the molecule is NCCNC(=O)CCCn1ccccc1=O. The molecule has 0 radical (unpaired) electrons. The van der Waals surface area contributed by atoms with Crippen LogP contribution in [0.15, 0.2) is 29.2 Å². The van der Waals surface area contributed by atoms with E-state index in [0.717, 1.165) is 0 Å². The average Bonchev–Trinajstić information content (AvgIpc) is 2.29. The Kier molecular flexibility index (Phi) is 5.28. The van der Waals surface area contributed by atoms with E-state index in [4.69, 9.17) is 5.73 Å². The smallest absolute Gasteiger partial charge is 0.250 e. The first-order valence-electron chi connectivity index (χ1n) is 5.36. The lowest BCUT2D eigenvalue weighted by molar-refractivity contribution is -0.121. The molecule has 0 aliphatic rings. The van der Waals surface area contributed by atoms with E-state index in [1.54, 1.807) is 22.9 Å². The molecule has 0 aromatic carbocycles. The Morgan fingerprint density at radius 3 is 2.94 bits per heavy atom. The first-order chi connectivity index (χ1) is 7.74. The van der Waals surface area contributed by atoms with Gasteiger partial charge in [0, 0.05) is 38.3 Å². The highest BCUT2D eigenvalue weighted by atomic mass is 16.1. The van der Waals surface area contributed by atoms with Crippen molar-refractivity contribution in [2.24, 2.45) is 5.73 Å². The van der Waals surface area contributed by atoms with Crippen molar-refractivity contribution in [3.8, 4) is 0 Å². The normalized spacial score (nSPS) is 10.1. The van der Waals surface area contributed by atoms with Crippen LogP contribution in [0, 0.1) is 0 Å². The number of pyridine rings is 1. The van der Waals surface area contributed by atoms with Crippen molar-refractivity contribution >= 4 is 5.91 Å². The molecule has 1 aromatic heterocycles. The number of aromatic nitrogens is 1. The zero-order valence-electron chi connectivity index (χ0n) is 9.19. The molecule has 16 heavy (non-hydrogen) atoms. The zero-order chi connectivity index (χ0) is 11.8. The molecule has 5 heteroatoms. The monoisotopic (exact) mass is 223 g/mol. The van der Waals surface area contributed by atoms with Crippen molar-refractivity contribution in [3.63, 3.8) is 0 Å². The second-order valence-corrected chi connectivity index (χ2v) is 3.47. The molecule has 1 rings (SSSR count). The van der Waals surface area contributed by atoms with Crippen molar-refractivity contribution in [1.29, 1.82) is 0 Å². The van der Waals surface area contributed by atoms with Gasteiger partial charge >= 0.3 is 0 Å². The molecule has 1 amide bonds. The summed E-state index contributed by atoms with van der Waals surface area (Å²) in [4.78, 5) is 22.5. The second-order valence-electron chi connectivity index (χ2n) is 3.47. The van der Waals surface area contributed by atoms with Crippen molar-refractivity contribution < 1.29 is 4.79 Å². The summed E-state index contributed by atoms with van der Waals surface area (Å²) in [7, 11) is 0. The summed E-state index contributed by atoms with van der Waals surface area (Å²) in [6, 6.07) is 5.01. The molecule has 1 aromatic rings. The lowest BCUT2D eigenvalue weighted by atomic mass is 10.3. The molecule has 0 aliphatic heterocycles. The van der Waals surface area contributed by atoms with Crippen LogP contribution < -0.4 is 16.6 Å². The van der Waals surface area contributed by atoms with E-state index in [1.807, 2.05) is 0 Å². The molecule has 0 spiro atoms. The molecule has 0 saturated heterocycles. The van der Waals surface area contributed by atoms with Gasteiger partial charge in [-0.2, -0.15) is 0 Å². The molecule has 1 heterocycles. The van der Waals surface area contributed by atoms with E-state index < -0.39 is 0 Å². The molecule has 0 saturated carbocycles. The number of carbonyl (C=O) groups is 1. The Hall–Kier alpha value is -1.62. The maximum absolute atomic E-state index is 11.3. The minimum Gasteiger partial charge on any atom is -0.355 e. The molecule has 0 unspecified atom stereocenters. The fourth-order valence-corrected chi connectivity index (χ4v) is 1.36. The van der Waals surface area contributed by atoms with E-state index >= 15 is 0 Å². The highest BCUT2D eigenvalue weighted by Crippen LogP contribution is 1.92. The first kappa shape index (κ1) is 12.4. The van der Waals surface area contributed by atoms with Crippen molar-refractivity contribution in [2.45, 2.75) is 19.4 Å². The largest absolute Gasteiger partial charge is 0.355 e.